The van der Waals surface area contributed by atoms with Crippen molar-refractivity contribution in [1.82, 2.24) is 0 Å². The highest BCUT2D eigenvalue weighted by molar-refractivity contribution is 6.30. The summed E-state index contributed by atoms with van der Waals surface area (Å²) in [5.74, 6) is 0.812. The Morgan fingerprint density at radius 3 is 1.90 bits per heavy atom. The van der Waals surface area contributed by atoms with Crippen LogP contribution in [0.1, 0.15) is 51.4 Å². The van der Waals surface area contributed by atoms with E-state index in [0.717, 1.165) is 37.9 Å². The molecule has 0 heterocycles. The Labute approximate surface area is 129 Å². The molecule has 0 radical (unpaired) electrons. The number of halogens is 4. The maximum absolute atomic E-state index is 11.9. The molecule has 0 bridgehead atoms. The summed E-state index contributed by atoms with van der Waals surface area (Å²) in [6.07, 6.45) is 1.21. The van der Waals surface area contributed by atoms with Gasteiger partial charge in [-0.25, -0.2) is 0 Å². The predicted molar refractivity (Wildman–Crippen MR) is 79.9 cm³/mol. The van der Waals surface area contributed by atoms with Gasteiger partial charge in [0.2, 0.25) is 0 Å². The number of rotatable bonds is 10. The highest BCUT2D eigenvalue weighted by Gasteiger charge is 2.25. The first-order chi connectivity index (χ1) is 9.97. The van der Waals surface area contributed by atoms with Crippen LogP contribution in [-0.2, 0) is 0 Å². The Morgan fingerprint density at radius 2 is 1.33 bits per heavy atom. The van der Waals surface area contributed by atoms with Gasteiger partial charge in [0.15, 0.2) is 0 Å². The maximum Gasteiger partial charge on any atom is 0.389 e. The molecule has 0 saturated carbocycles. The van der Waals surface area contributed by atoms with Crippen LogP contribution in [0.4, 0.5) is 13.2 Å². The van der Waals surface area contributed by atoms with E-state index in [9.17, 15) is 13.2 Å². The first-order valence-electron chi connectivity index (χ1n) is 7.42. The lowest BCUT2D eigenvalue weighted by Gasteiger charge is -2.07. The summed E-state index contributed by atoms with van der Waals surface area (Å²) < 4.78 is 41.3. The molecule has 0 spiro atoms. The number of ether oxygens (including phenoxy) is 1. The molecule has 0 aromatic heterocycles. The molecule has 0 fully saturated rings. The van der Waals surface area contributed by atoms with Crippen molar-refractivity contribution in [3.63, 3.8) is 0 Å². The van der Waals surface area contributed by atoms with Crippen LogP contribution in [0.5, 0.6) is 5.75 Å². The third kappa shape index (κ3) is 10.5. The van der Waals surface area contributed by atoms with Gasteiger partial charge in [0.1, 0.15) is 5.75 Å². The van der Waals surface area contributed by atoms with E-state index in [1.807, 2.05) is 12.1 Å². The molecule has 120 valence electrons. The van der Waals surface area contributed by atoms with Crippen LogP contribution in [0.2, 0.25) is 5.02 Å². The standard InChI is InChI=1S/C16H22ClF3O/c17-14-8-10-15(11-9-14)21-13-7-5-3-1-2-4-6-12-16(18,19)20/h8-11H,1-7,12-13H2. The minimum absolute atomic E-state index is 0.253. The zero-order chi connectivity index (χ0) is 15.6. The van der Waals surface area contributed by atoms with Crippen molar-refractivity contribution >= 4 is 11.6 Å². The molecule has 0 N–H and O–H groups in total. The smallest absolute Gasteiger partial charge is 0.389 e. The van der Waals surface area contributed by atoms with Crippen molar-refractivity contribution in [2.24, 2.45) is 0 Å². The molecule has 0 amide bonds. The van der Waals surface area contributed by atoms with Gasteiger partial charge in [0, 0.05) is 11.4 Å². The van der Waals surface area contributed by atoms with E-state index in [0.29, 0.717) is 18.1 Å². The fourth-order valence-electron chi connectivity index (χ4n) is 2.03. The summed E-state index contributed by atoms with van der Waals surface area (Å²) in [4.78, 5) is 0. The first-order valence-corrected chi connectivity index (χ1v) is 7.80. The molecule has 0 aliphatic rings. The lowest BCUT2D eigenvalue weighted by molar-refractivity contribution is -0.135. The van der Waals surface area contributed by atoms with Crippen molar-refractivity contribution in [3.05, 3.63) is 29.3 Å². The second-order valence-corrected chi connectivity index (χ2v) is 5.58. The van der Waals surface area contributed by atoms with E-state index in [2.05, 4.69) is 0 Å². The van der Waals surface area contributed by atoms with E-state index in [4.69, 9.17) is 16.3 Å². The van der Waals surface area contributed by atoms with Gasteiger partial charge < -0.3 is 4.74 Å². The molecule has 1 nitrogen and oxygen atoms in total. The van der Waals surface area contributed by atoms with Crippen LogP contribution < -0.4 is 4.74 Å². The molecule has 1 aromatic carbocycles. The van der Waals surface area contributed by atoms with Gasteiger partial charge in [0.25, 0.3) is 0 Å². The lowest BCUT2D eigenvalue weighted by Crippen LogP contribution is -2.06. The van der Waals surface area contributed by atoms with Gasteiger partial charge in [-0.1, -0.05) is 43.7 Å². The van der Waals surface area contributed by atoms with Crippen molar-refractivity contribution < 1.29 is 17.9 Å². The van der Waals surface area contributed by atoms with Crippen LogP contribution in [0.15, 0.2) is 24.3 Å². The second kappa shape index (κ2) is 9.93. The summed E-state index contributed by atoms with van der Waals surface area (Å²) in [5, 5.41) is 0.688. The van der Waals surface area contributed by atoms with Crippen LogP contribution in [0, 0.1) is 0 Å². The zero-order valence-electron chi connectivity index (χ0n) is 12.1. The quantitative estimate of drug-likeness (QED) is 0.453. The Hall–Kier alpha value is -0.900. The van der Waals surface area contributed by atoms with E-state index < -0.39 is 12.6 Å². The Morgan fingerprint density at radius 1 is 0.810 bits per heavy atom. The maximum atomic E-state index is 11.9. The summed E-state index contributed by atoms with van der Waals surface area (Å²) in [5.41, 5.74) is 0. The monoisotopic (exact) mass is 322 g/mol. The van der Waals surface area contributed by atoms with Crippen molar-refractivity contribution in [2.45, 2.75) is 57.5 Å². The normalized spacial score (nSPS) is 11.6. The number of hydrogen-bond acceptors (Lipinski definition) is 1. The predicted octanol–water partition coefficient (Wildman–Crippen LogP) is 6.40. The topological polar surface area (TPSA) is 9.23 Å². The van der Waals surface area contributed by atoms with Gasteiger partial charge >= 0.3 is 6.18 Å². The molecule has 5 heteroatoms. The van der Waals surface area contributed by atoms with Gasteiger partial charge in [-0.2, -0.15) is 13.2 Å². The summed E-state index contributed by atoms with van der Waals surface area (Å²) in [6.45, 7) is 0.662. The largest absolute Gasteiger partial charge is 0.494 e. The van der Waals surface area contributed by atoms with Crippen molar-refractivity contribution in [3.8, 4) is 5.75 Å². The fourth-order valence-corrected chi connectivity index (χ4v) is 2.16. The summed E-state index contributed by atoms with van der Waals surface area (Å²) >= 11 is 5.77. The minimum atomic E-state index is -4.00. The van der Waals surface area contributed by atoms with Gasteiger partial charge in [-0.05, 0) is 37.1 Å². The number of benzene rings is 1. The van der Waals surface area contributed by atoms with Gasteiger partial charge in [-0.15, -0.1) is 0 Å². The zero-order valence-corrected chi connectivity index (χ0v) is 12.8. The van der Waals surface area contributed by atoms with E-state index in [-0.39, 0.29) is 6.42 Å². The highest BCUT2D eigenvalue weighted by Crippen LogP contribution is 2.23. The number of unbranched alkanes of at least 4 members (excludes halogenated alkanes) is 6. The molecule has 0 atom stereocenters. The highest BCUT2D eigenvalue weighted by atomic mass is 35.5. The van der Waals surface area contributed by atoms with Gasteiger partial charge in [-0.3, -0.25) is 0 Å². The molecule has 0 saturated heterocycles. The van der Waals surface area contributed by atoms with Crippen LogP contribution in [0.3, 0.4) is 0 Å². The van der Waals surface area contributed by atoms with Crippen molar-refractivity contribution in [1.29, 1.82) is 0 Å². The van der Waals surface area contributed by atoms with E-state index >= 15 is 0 Å². The fraction of sp³-hybridized carbons (Fsp3) is 0.625. The number of alkyl halides is 3. The summed E-state index contributed by atoms with van der Waals surface area (Å²) in [7, 11) is 0. The van der Waals surface area contributed by atoms with E-state index in [1.165, 1.54) is 0 Å². The molecular weight excluding hydrogens is 301 g/mol. The molecule has 0 unspecified atom stereocenters. The Bertz CT molecular complexity index is 376. The van der Waals surface area contributed by atoms with Crippen LogP contribution in [0.25, 0.3) is 0 Å². The third-order valence-corrected chi connectivity index (χ3v) is 3.44. The van der Waals surface area contributed by atoms with Crippen LogP contribution in [-0.4, -0.2) is 12.8 Å². The molecule has 1 rings (SSSR count). The SMILES string of the molecule is FC(F)(F)CCCCCCCCCOc1ccc(Cl)cc1. The van der Waals surface area contributed by atoms with Crippen LogP contribution >= 0.6 is 11.6 Å². The van der Waals surface area contributed by atoms with E-state index in [1.54, 1.807) is 12.1 Å². The molecule has 0 aliphatic carbocycles. The average molecular weight is 323 g/mol. The molecular formula is C16H22ClF3O. The van der Waals surface area contributed by atoms with Crippen molar-refractivity contribution in [2.75, 3.05) is 6.61 Å². The Balaban J connectivity index is 1.88. The van der Waals surface area contributed by atoms with Gasteiger partial charge in [0.05, 0.1) is 6.61 Å². The molecule has 21 heavy (non-hydrogen) atoms. The number of hydrogen-bond donors (Lipinski definition) is 0. The molecule has 1 aromatic rings. The third-order valence-electron chi connectivity index (χ3n) is 3.19. The molecule has 0 aliphatic heterocycles. The Kier molecular flexibility index (Phi) is 8.58. The second-order valence-electron chi connectivity index (χ2n) is 5.14. The average Bonchev–Trinajstić information content (AvgIpc) is 2.42. The summed E-state index contributed by atoms with van der Waals surface area (Å²) in [6, 6.07) is 7.25. The first kappa shape index (κ1) is 18.1. The lowest BCUT2D eigenvalue weighted by atomic mass is 10.1. The minimum Gasteiger partial charge on any atom is -0.494 e.